The Kier molecular flexibility index (Phi) is 3.27. The summed E-state index contributed by atoms with van der Waals surface area (Å²) in [6.45, 7) is 4.19. The Morgan fingerprint density at radius 3 is 2.67 bits per heavy atom. The SMILES string of the molecule is CC(C)C[C@H](O)[C@H]1CCC(=O)C1. The number of ketones is 1. The highest BCUT2D eigenvalue weighted by molar-refractivity contribution is 5.80. The van der Waals surface area contributed by atoms with Crippen molar-refractivity contribution < 1.29 is 9.90 Å². The third kappa shape index (κ3) is 2.59. The molecule has 0 spiro atoms. The predicted octanol–water partition coefficient (Wildman–Crippen LogP) is 1.76. The fourth-order valence-electron chi connectivity index (χ4n) is 1.85. The second-order valence-electron chi connectivity index (χ2n) is 4.24. The largest absolute Gasteiger partial charge is 0.393 e. The highest BCUT2D eigenvalue weighted by Crippen LogP contribution is 2.27. The molecule has 1 aliphatic carbocycles. The molecule has 1 fully saturated rings. The molecule has 0 amide bonds. The summed E-state index contributed by atoms with van der Waals surface area (Å²) in [5, 5.41) is 9.68. The van der Waals surface area contributed by atoms with Crippen molar-refractivity contribution in [1.29, 1.82) is 0 Å². The normalized spacial score (nSPS) is 26.7. The lowest BCUT2D eigenvalue weighted by Gasteiger charge is -2.18. The summed E-state index contributed by atoms with van der Waals surface area (Å²) in [5.41, 5.74) is 0. The fraction of sp³-hybridized carbons (Fsp3) is 0.900. The smallest absolute Gasteiger partial charge is 0.133 e. The molecule has 2 heteroatoms. The van der Waals surface area contributed by atoms with Crippen LogP contribution in [0.3, 0.4) is 0 Å². The third-order valence-corrected chi connectivity index (χ3v) is 2.54. The van der Waals surface area contributed by atoms with Crippen molar-refractivity contribution in [1.82, 2.24) is 0 Å². The molecular weight excluding hydrogens is 152 g/mol. The van der Waals surface area contributed by atoms with E-state index in [1.807, 2.05) is 0 Å². The summed E-state index contributed by atoms with van der Waals surface area (Å²) in [6.07, 6.45) is 2.76. The Morgan fingerprint density at radius 2 is 2.25 bits per heavy atom. The molecule has 0 unspecified atom stereocenters. The summed E-state index contributed by atoms with van der Waals surface area (Å²) >= 11 is 0. The molecular formula is C10H18O2. The van der Waals surface area contributed by atoms with Crippen molar-refractivity contribution in [2.75, 3.05) is 0 Å². The molecule has 2 nitrogen and oxygen atoms in total. The summed E-state index contributed by atoms with van der Waals surface area (Å²) < 4.78 is 0. The number of Topliss-reactive ketones (excluding diaryl/α,β-unsaturated/α-hetero) is 1. The van der Waals surface area contributed by atoms with Gasteiger partial charge in [0.05, 0.1) is 6.10 Å². The third-order valence-electron chi connectivity index (χ3n) is 2.54. The Labute approximate surface area is 74.0 Å². The Morgan fingerprint density at radius 1 is 1.58 bits per heavy atom. The summed E-state index contributed by atoms with van der Waals surface area (Å²) in [7, 11) is 0. The molecule has 1 rings (SSSR count). The number of rotatable bonds is 3. The molecule has 1 N–H and O–H groups in total. The molecule has 0 aromatic carbocycles. The van der Waals surface area contributed by atoms with E-state index in [1.54, 1.807) is 0 Å². The van der Waals surface area contributed by atoms with Crippen LogP contribution < -0.4 is 0 Å². The van der Waals surface area contributed by atoms with E-state index in [9.17, 15) is 9.90 Å². The quantitative estimate of drug-likeness (QED) is 0.700. The molecule has 2 atom stereocenters. The van der Waals surface area contributed by atoms with Crippen molar-refractivity contribution in [3.63, 3.8) is 0 Å². The van der Waals surface area contributed by atoms with Crippen LogP contribution >= 0.6 is 0 Å². The Hall–Kier alpha value is -0.370. The van der Waals surface area contributed by atoms with Gasteiger partial charge in [0.2, 0.25) is 0 Å². The highest BCUT2D eigenvalue weighted by Gasteiger charge is 2.28. The van der Waals surface area contributed by atoms with Crippen LogP contribution in [0, 0.1) is 11.8 Å². The minimum Gasteiger partial charge on any atom is -0.393 e. The van der Waals surface area contributed by atoms with Crippen molar-refractivity contribution in [3.05, 3.63) is 0 Å². The van der Waals surface area contributed by atoms with Crippen molar-refractivity contribution in [2.45, 2.75) is 45.6 Å². The molecule has 1 saturated carbocycles. The molecule has 0 bridgehead atoms. The molecule has 12 heavy (non-hydrogen) atoms. The molecule has 70 valence electrons. The predicted molar refractivity (Wildman–Crippen MR) is 47.8 cm³/mol. The van der Waals surface area contributed by atoms with Gasteiger partial charge in [-0.3, -0.25) is 4.79 Å². The zero-order valence-corrected chi connectivity index (χ0v) is 7.92. The van der Waals surface area contributed by atoms with Gasteiger partial charge in [0, 0.05) is 12.8 Å². The fourth-order valence-corrected chi connectivity index (χ4v) is 1.85. The van der Waals surface area contributed by atoms with Gasteiger partial charge in [0.1, 0.15) is 5.78 Å². The van der Waals surface area contributed by atoms with Crippen LogP contribution in [-0.4, -0.2) is 17.0 Å². The van der Waals surface area contributed by atoms with Crippen LogP contribution in [-0.2, 0) is 4.79 Å². The van der Waals surface area contributed by atoms with Crippen LogP contribution in [0.15, 0.2) is 0 Å². The lowest BCUT2D eigenvalue weighted by Crippen LogP contribution is -2.20. The summed E-state index contributed by atoms with van der Waals surface area (Å²) in [5.74, 6) is 1.10. The van der Waals surface area contributed by atoms with Gasteiger partial charge in [-0.15, -0.1) is 0 Å². The lowest BCUT2D eigenvalue weighted by molar-refractivity contribution is -0.117. The van der Waals surface area contributed by atoms with Gasteiger partial charge in [-0.05, 0) is 24.7 Å². The van der Waals surface area contributed by atoms with Crippen LogP contribution in [0.2, 0.25) is 0 Å². The summed E-state index contributed by atoms with van der Waals surface area (Å²) in [4.78, 5) is 10.9. The maximum absolute atomic E-state index is 10.9. The first-order valence-electron chi connectivity index (χ1n) is 4.79. The van der Waals surface area contributed by atoms with Gasteiger partial charge in [-0.25, -0.2) is 0 Å². The van der Waals surface area contributed by atoms with Gasteiger partial charge < -0.3 is 5.11 Å². The van der Waals surface area contributed by atoms with E-state index in [4.69, 9.17) is 0 Å². The monoisotopic (exact) mass is 170 g/mol. The van der Waals surface area contributed by atoms with Crippen LogP contribution in [0.1, 0.15) is 39.5 Å². The molecule has 0 aromatic rings. The van der Waals surface area contributed by atoms with Crippen molar-refractivity contribution in [2.24, 2.45) is 11.8 Å². The van der Waals surface area contributed by atoms with E-state index >= 15 is 0 Å². The molecule has 0 aromatic heterocycles. The number of aliphatic hydroxyl groups excluding tert-OH is 1. The first-order valence-corrected chi connectivity index (χ1v) is 4.79. The average Bonchev–Trinajstić information content (AvgIpc) is 2.34. The maximum atomic E-state index is 10.9. The second kappa shape index (κ2) is 4.04. The second-order valence-corrected chi connectivity index (χ2v) is 4.24. The van der Waals surface area contributed by atoms with E-state index in [1.165, 1.54) is 0 Å². The van der Waals surface area contributed by atoms with E-state index in [2.05, 4.69) is 13.8 Å². The Bertz CT molecular complexity index is 163. The van der Waals surface area contributed by atoms with Crippen molar-refractivity contribution in [3.8, 4) is 0 Å². The standard InChI is InChI=1S/C10H18O2/c1-7(2)5-10(12)8-3-4-9(11)6-8/h7-8,10,12H,3-6H2,1-2H3/t8-,10-/m0/s1. The number of hydrogen-bond donors (Lipinski definition) is 1. The topological polar surface area (TPSA) is 37.3 Å². The number of hydrogen-bond acceptors (Lipinski definition) is 2. The highest BCUT2D eigenvalue weighted by atomic mass is 16.3. The van der Waals surface area contributed by atoms with E-state index in [-0.39, 0.29) is 12.0 Å². The van der Waals surface area contributed by atoms with Crippen LogP contribution in [0.25, 0.3) is 0 Å². The average molecular weight is 170 g/mol. The number of carbonyl (C=O) groups is 1. The minimum absolute atomic E-state index is 0.250. The van der Waals surface area contributed by atoms with E-state index in [0.717, 1.165) is 12.8 Å². The van der Waals surface area contributed by atoms with Crippen LogP contribution in [0.5, 0.6) is 0 Å². The molecule has 0 radical (unpaired) electrons. The zero-order chi connectivity index (χ0) is 9.14. The molecule has 0 aliphatic heterocycles. The van der Waals surface area contributed by atoms with Gasteiger partial charge in [0.25, 0.3) is 0 Å². The molecule has 0 heterocycles. The first kappa shape index (κ1) is 9.72. The minimum atomic E-state index is -0.253. The van der Waals surface area contributed by atoms with Crippen LogP contribution in [0.4, 0.5) is 0 Å². The van der Waals surface area contributed by atoms with Gasteiger partial charge in [-0.2, -0.15) is 0 Å². The van der Waals surface area contributed by atoms with E-state index < -0.39 is 0 Å². The van der Waals surface area contributed by atoms with Gasteiger partial charge >= 0.3 is 0 Å². The number of carbonyl (C=O) groups excluding carboxylic acids is 1. The van der Waals surface area contributed by atoms with Gasteiger partial charge in [-0.1, -0.05) is 13.8 Å². The lowest BCUT2D eigenvalue weighted by atomic mass is 9.93. The summed E-state index contributed by atoms with van der Waals surface area (Å²) in [6, 6.07) is 0. The molecule has 0 saturated heterocycles. The van der Waals surface area contributed by atoms with Crippen molar-refractivity contribution >= 4 is 5.78 Å². The zero-order valence-electron chi connectivity index (χ0n) is 7.92. The van der Waals surface area contributed by atoms with Gasteiger partial charge in [0.15, 0.2) is 0 Å². The number of aliphatic hydroxyl groups is 1. The Balaban J connectivity index is 2.32. The van der Waals surface area contributed by atoms with E-state index in [0.29, 0.717) is 24.5 Å². The molecule has 1 aliphatic rings. The first-order chi connectivity index (χ1) is 5.59. The maximum Gasteiger partial charge on any atom is 0.133 e.